The number of methoxy groups -OCH3 is 2. The maximum absolute atomic E-state index is 13.8. The molecule has 0 saturated carbocycles. The molecule has 0 spiro atoms. The number of hydrogen-bond acceptors (Lipinski definition) is 6. The summed E-state index contributed by atoms with van der Waals surface area (Å²) >= 11 is 0. The van der Waals surface area contributed by atoms with E-state index in [1.807, 2.05) is 19.9 Å². The minimum Gasteiger partial charge on any atom is -0.504 e. The molecular weight excluding hydrogens is 583 g/mol. The second-order valence-electron chi connectivity index (χ2n) is 8.52. The van der Waals surface area contributed by atoms with Crippen molar-refractivity contribution in [2.75, 3.05) is 14.2 Å². The number of nitriles is 2. The van der Waals surface area contributed by atoms with Gasteiger partial charge in [0.2, 0.25) is 0 Å². The van der Waals surface area contributed by atoms with Gasteiger partial charge in [-0.05, 0) is 72.5 Å². The van der Waals surface area contributed by atoms with E-state index in [1.54, 1.807) is 6.07 Å². The fraction of sp³-hybridized carbons (Fsp3) is 0.212. The minimum atomic E-state index is -0.987. The van der Waals surface area contributed by atoms with E-state index >= 15 is 0 Å². The fourth-order valence-corrected chi connectivity index (χ4v) is 3.44. The molecule has 0 aliphatic heterocycles. The Kier molecular flexibility index (Phi) is 14.7. The number of benzene rings is 4. The highest BCUT2D eigenvalue weighted by Gasteiger charge is 2.14. The molecule has 0 aliphatic carbocycles. The molecule has 0 fully saturated rings. The zero-order valence-corrected chi connectivity index (χ0v) is 23.6. The van der Waals surface area contributed by atoms with Crippen LogP contribution in [-0.2, 0) is 12.8 Å². The summed E-state index contributed by atoms with van der Waals surface area (Å²) < 4.78 is 80.3. The number of ether oxygens (including phenoxy) is 3. The Morgan fingerprint density at radius 3 is 1.57 bits per heavy atom. The number of hydrogen-bond donors (Lipinski definition) is 1. The third-order valence-corrected chi connectivity index (χ3v) is 5.77. The molecule has 0 atom stereocenters. The lowest BCUT2D eigenvalue weighted by Crippen LogP contribution is -1.97. The molecule has 0 aliphatic rings. The van der Waals surface area contributed by atoms with Crippen LogP contribution < -0.4 is 14.2 Å². The van der Waals surface area contributed by atoms with Gasteiger partial charge in [0.25, 0.3) is 0 Å². The molecule has 4 rings (SSSR count). The summed E-state index contributed by atoms with van der Waals surface area (Å²) in [5.41, 5.74) is 1.34. The summed E-state index contributed by atoms with van der Waals surface area (Å²) in [6.07, 6.45) is 1.09. The molecule has 0 bridgehead atoms. The first-order valence-electron chi connectivity index (χ1n) is 12.7. The lowest BCUT2D eigenvalue weighted by molar-refractivity contribution is 0.367. The maximum Gasteiger partial charge on any atom is 0.172 e. The molecule has 0 heterocycles. The van der Waals surface area contributed by atoms with Crippen molar-refractivity contribution in [1.82, 2.24) is 0 Å². The van der Waals surface area contributed by atoms with E-state index in [0.29, 0.717) is 35.5 Å². The number of rotatable bonds is 6. The molecule has 44 heavy (non-hydrogen) atoms. The Hall–Kier alpha value is -5.29. The molecule has 6 nitrogen and oxygen atoms in total. The Morgan fingerprint density at radius 1 is 0.591 bits per heavy atom. The lowest BCUT2D eigenvalue weighted by Gasteiger charge is -2.13. The molecule has 4 aromatic rings. The molecule has 0 unspecified atom stereocenters. The van der Waals surface area contributed by atoms with Gasteiger partial charge in [-0.1, -0.05) is 21.3 Å². The summed E-state index contributed by atoms with van der Waals surface area (Å²) in [5.74, 6) is -3.00. The number of halogens is 5. The van der Waals surface area contributed by atoms with E-state index in [9.17, 15) is 22.0 Å². The van der Waals surface area contributed by atoms with Crippen LogP contribution in [0.2, 0.25) is 0 Å². The molecule has 4 aromatic carbocycles. The van der Waals surface area contributed by atoms with Gasteiger partial charge in [0.1, 0.15) is 11.6 Å². The first-order valence-corrected chi connectivity index (χ1v) is 12.7. The van der Waals surface area contributed by atoms with Crippen molar-refractivity contribution >= 4 is 0 Å². The molecule has 1 N–H and O–H groups in total. The van der Waals surface area contributed by atoms with Crippen LogP contribution >= 0.6 is 0 Å². The SMILES string of the molecule is C.CCc1cc(OC)c(O)cc1F.CCc1cc(OC)c(Oc2ccc(C#N)cc2F)cc1F.N#Cc1ccc(F)c(F)c1. The summed E-state index contributed by atoms with van der Waals surface area (Å²) in [6, 6.07) is 15.6. The van der Waals surface area contributed by atoms with Gasteiger partial charge in [-0.3, -0.25) is 0 Å². The second kappa shape index (κ2) is 17.6. The standard InChI is InChI=1S/C16H13F2NO2.C9H11FO2.C7H3F2N.CH4/c1-3-11-7-15(20-2)16(8-12(11)17)21-14-5-4-10(9-19)6-13(14)18;1-3-6-4-9(12-2)8(11)5-7(6)10;8-6-2-1-5(4-10)3-7(6)9;/h4-8H,3H2,1-2H3;4-5,11H,3H2,1-2H3;1-3H;1H4. The molecule has 0 saturated heterocycles. The monoisotopic (exact) mass is 614 g/mol. The topological polar surface area (TPSA) is 95.5 Å². The lowest BCUT2D eigenvalue weighted by atomic mass is 10.1. The average molecular weight is 615 g/mol. The largest absolute Gasteiger partial charge is 0.504 e. The Bertz CT molecular complexity index is 1620. The molecule has 0 amide bonds. The quantitative estimate of drug-likeness (QED) is 0.218. The van der Waals surface area contributed by atoms with E-state index in [2.05, 4.69) is 0 Å². The van der Waals surface area contributed by atoms with Crippen LogP contribution in [-0.4, -0.2) is 19.3 Å². The van der Waals surface area contributed by atoms with Crippen molar-refractivity contribution in [3.05, 3.63) is 112 Å². The molecule has 0 radical (unpaired) electrons. The van der Waals surface area contributed by atoms with Crippen LogP contribution in [0.5, 0.6) is 28.7 Å². The highest BCUT2D eigenvalue weighted by atomic mass is 19.2. The van der Waals surface area contributed by atoms with Crippen LogP contribution in [0.4, 0.5) is 22.0 Å². The number of nitrogens with zero attached hydrogens (tertiary/aromatic N) is 2. The Morgan fingerprint density at radius 2 is 1.09 bits per heavy atom. The highest BCUT2D eigenvalue weighted by molar-refractivity contribution is 5.47. The molecule has 11 heteroatoms. The van der Waals surface area contributed by atoms with Gasteiger partial charge < -0.3 is 19.3 Å². The number of phenolic OH excluding ortho intramolecular Hbond substituents is 1. The maximum atomic E-state index is 13.8. The van der Waals surface area contributed by atoms with Crippen LogP contribution in [0.15, 0.2) is 60.7 Å². The van der Waals surface area contributed by atoms with Crippen LogP contribution in [0.3, 0.4) is 0 Å². The molecular formula is C33H31F5N2O4. The zero-order chi connectivity index (χ0) is 32.1. The second-order valence-corrected chi connectivity index (χ2v) is 8.52. The van der Waals surface area contributed by atoms with E-state index in [1.165, 1.54) is 44.6 Å². The third kappa shape index (κ3) is 9.92. The third-order valence-electron chi connectivity index (χ3n) is 5.77. The van der Waals surface area contributed by atoms with E-state index in [0.717, 1.165) is 30.3 Å². The molecule has 232 valence electrons. The number of aryl methyl sites for hydroxylation is 2. The first kappa shape index (κ1) is 36.7. The minimum absolute atomic E-state index is 0. The van der Waals surface area contributed by atoms with Gasteiger partial charge >= 0.3 is 0 Å². The van der Waals surface area contributed by atoms with Gasteiger partial charge in [0.05, 0.1) is 37.5 Å². The Balaban J connectivity index is 0.000000358. The Labute approximate surface area is 253 Å². The average Bonchev–Trinajstić information content (AvgIpc) is 3.00. The van der Waals surface area contributed by atoms with Gasteiger partial charge in [0, 0.05) is 12.1 Å². The highest BCUT2D eigenvalue weighted by Crippen LogP contribution is 2.35. The van der Waals surface area contributed by atoms with Gasteiger partial charge in [0.15, 0.2) is 46.2 Å². The van der Waals surface area contributed by atoms with E-state index < -0.39 is 29.1 Å². The number of aromatic hydroxyl groups is 1. The summed E-state index contributed by atoms with van der Waals surface area (Å²) in [6.45, 7) is 3.66. The van der Waals surface area contributed by atoms with Crippen molar-refractivity contribution < 1.29 is 41.3 Å². The van der Waals surface area contributed by atoms with E-state index in [-0.39, 0.29) is 35.8 Å². The summed E-state index contributed by atoms with van der Waals surface area (Å²) in [4.78, 5) is 0. The normalized spacial score (nSPS) is 9.52. The van der Waals surface area contributed by atoms with Gasteiger partial charge in [-0.25, -0.2) is 22.0 Å². The van der Waals surface area contributed by atoms with Crippen molar-refractivity contribution in [3.8, 4) is 40.9 Å². The zero-order valence-electron chi connectivity index (χ0n) is 23.6. The van der Waals surface area contributed by atoms with Crippen LogP contribution in [0.25, 0.3) is 0 Å². The van der Waals surface area contributed by atoms with Crippen LogP contribution in [0, 0.1) is 51.7 Å². The predicted octanol–water partition coefficient (Wildman–Crippen LogP) is 8.77. The van der Waals surface area contributed by atoms with Gasteiger partial charge in [-0.2, -0.15) is 10.5 Å². The smallest absolute Gasteiger partial charge is 0.172 e. The van der Waals surface area contributed by atoms with Crippen molar-refractivity contribution in [2.24, 2.45) is 0 Å². The fourth-order valence-electron chi connectivity index (χ4n) is 3.44. The van der Waals surface area contributed by atoms with Crippen molar-refractivity contribution in [2.45, 2.75) is 34.1 Å². The summed E-state index contributed by atoms with van der Waals surface area (Å²) in [7, 11) is 2.86. The predicted molar refractivity (Wildman–Crippen MR) is 155 cm³/mol. The van der Waals surface area contributed by atoms with Crippen molar-refractivity contribution in [1.29, 1.82) is 10.5 Å². The van der Waals surface area contributed by atoms with Crippen molar-refractivity contribution in [3.63, 3.8) is 0 Å². The summed E-state index contributed by atoms with van der Waals surface area (Å²) in [5, 5.41) is 26.1. The van der Waals surface area contributed by atoms with E-state index in [4.69, 9.17) is 29.8 Å². The van der Waals surface area contributed by atoms with Gasteiger partial charge in [-0.15, -0.1) is 0 Å². The molecule has 0 aromatic heterocycles. The first-order chi connectivity index (χ1) is 20.5. The number of phenols is 1. The van der Waals surface area contributed by atoms with Crippen LogP contribution in [0.1, 0.15) is 43.5 Å².